The van der Waals surface area contributed by atoms with Crippen LogP contribution in [0.3, 0.4) is 0 Å². The van der Waals surface area contributed by atoms with Crippen molar-refractivity contribution in [3.63, 3.8) is 0 Å². The molecule has 29 heavy (non-hydrogen) atoms. The second kappa shape index (κ2) is 8.09. The third-order valence-corrected chi connectivity index (χ3v) is 5.32. The van der Waals surface area contributed by atoms with Crippen molar-refractivity contribution in [2.24, 2.45) is 0 Å². The molecular weight excluding hydrogens is 364 g/mol. The number of para-hydroxylation sites is 1. The molecule has 0 radical (unpaired) electrons. The summed E-state index contributed by atoms with van der Waals surface area (Å²) < 4.78 is 5.92. The number of fused-ring (bicyclic) bond motifs is 2. The third-order valence-electron chi connectivity index (χ3n) is 5.32. The minimum absolute atomic E-state index is 0.0790. The maximum atomic E-state index is 12.6. The first-order valence-electron chi connectivity index (χ1n) is 9.87. The summed E-state index contributed by atoms with van der Waals surface area (Å²) >= 11 is 0. The molecule has 6 heteroatoms. The van der Waals surface area contributed by atoms with Crippen molar-refractivity contribution in [1.29, 1.82) is 0 Å². The van der Waals surface area contributed by atoms with Crippen LogP contribution in [0, 0.1) is 6.92 Å². The lowest BCUT2D eigenvalue weighted by Gasteiger charge is -2.14. The van der Waals surface area contributed by atoms with Crippen LogP contribution in [0.2, 0.25) is 0 Å². The standard InChI is InChI=1S/C23H26N4O2/c1-15-11-25-23-18(13-24-15)10-17(12-26-23)8-9-22(28)27(3)14-21-16(2)19-6-4-5-7-20(19)29-21/h4-10,12,15,24H,11,13-14H2,1-3H3,(H,25,26)/t15-/m1/s1. The van der Waals surface area contributed by atoms with Gasteiger partial charge in [0.05, 0.1) is 6.54 Å². The largest absolute Gasteiger partial charge is 0.459 e. The van der Waals surface area contributed by atoms with E-state index in [9.17, 15) is 4.79 Å². The van der Waals surface area contributed by atoms with Gasteiger partial charge in [0.2, 0.25) is 5.91 Å². The Balaban J connectivity index is 1.44. The molecule has 0 unspecified atom stereocenters. The van der Waals surface area contributed by atoms with Gasteiger partial charge in [-0.3, -0.25) is 4.79 Å². The first-order valence-corrected chi connectivity index (χ1v) is 9.87. The predicted molar refractivity (Wildman–Crippen MR) is 115 cm³/mol. The number of nitrogens with zero attached hydrogens (tertiary/aromatic N) is 2. The number of furan rings is 1. The highest BCUT2D eigenvalue weighted by molar-refractivity contribution is 5.91. The van der Waals surface area contributed by atoms with Gasteiger partial charge in [0.25, 0.3) is 0 Å². The van der Waals surface area contributed by atoms with Crippen molar-refractivity contribution in [3.8, 4) is 0 Å². The SMILES string of the molecule is Cc1c(CN(C)C(=O)C=Cc2cnc3c(c2)CN[C@H](C)CN3)oc2ccccc12. The van der Waals surface area contributed by atoms with Gasteiger partial charge in [-0.2, -0.15) is 0 Å². The number of hydrogen-bond donors (Lipinski definition) is 2. The van der Waals surface area contributed by atoms with E-state index >= 15 is 0 Å². The molecule has 1 aromatic carbocycles. The number of amides is 1. The van der Waals surface area contributed by atoms with Crippen LogP contribution in [0.1, 0.15) is 29.4 Å². The average Bonchev–Trinajstić information content (AvgIpc) is 2.92. The number of rotatable bonds is 4. The van der Waals surface area contributed by atoms with Gasteiger partial charge < -0.3 is 20.0 Å². The minimum Gasteiger partial charge on any atom is -0.459 e. The van der Waals surface area contributed by atoms with E-state index in [1.54, 1.807) is 24.2 Å². The van der Waals surface area contributed by atoms with Gasteiger partial charge in [-0.25, -0.2) is 4.98 Å². The molecule has 0 aliphatic carbocycles. The molecule has 4 rings (SSSR count). The van der Waals surface area contributed by atoms with Crippen molar-refractivity contribution in [2.75, 3.05) is 18.9 Å². The highest BCUT2D eigenvalue weighted by Crippen LogP contribution is 2.25. The van der Waals surface area contributed by atoms with Crippen molar-refractivity contribution in [3.05, 3.63) is 65.1 Å². The fraction of sp³-hybridized carbons (Fsp3) is 0.304. The lowest BCUT2D eigenvalue weighted by molar-refractivity contribution is -0.125. The summed E-state index contributed by atoms with van der Waals surface area (Å²) in [7, 11) is 1.78. The van der Waals surface area contributed by atoms with Crippen LogP contribution in [0.25, 0.3) is 17.0 Å². The number of aromatic nitrogens is 1. The zero-order valence-corrected chi connectivity index (χ0v) is 17.0. The van der Waals surface area contributed by atoms with Gasteiger partial charge in [-0.15, -0.1) is 0 Å². The monoisotopic (exact) mass is 390 g/mol. The molecule has 3 aromatic rings. The maximum Gasteiger partial charge on any atom is 0.246 e. The van der Waals surface area contributed by atoms with Gasteiger partial charge >= 0.3 is 0 Å². The summed E-state index contributed by atoms with van der Waals surface area (Å²) in [6, 6.07) is 10.4. The summed E-state index contributed by atoms with van der Waals surface area (Å²) in [5, 5.41) is 7.88. The predicted octanol–water partition coefficient (Wildman–Crippen LogP) is 3.71. The van der Waals surface area contributed by atoms with Gasteiger partial charge in [-0.05, 0) is 37.6 Å². The summed E-state index contributed by atoms with van der Waals surface area (Å²) in [5.41, 5.74) is 3.94. The van der Waals surface area contributed by atoms with Crippen LogP contribution in [0.5, 0.6) is 0 Å². The number of aryl methyl sites for hydroxylation is 1. The van der Waals surface area contributed by atoms with E-state index in [0.717, 1.165) is 52.3 Å². The van der Waals surface area contributed by atoms with Gasteiger partial charge in [0, 0.05) is 55.0 Å². The van der Waals surface area contributed by atoms with Crippen LogP contribution in [-0.4, -0.2) is 35.4 Å². The van der Waals surface area contributed by atoms with Crippen LogP contribution in [0.15, 0.2) is 47.0 Å². The van der Waals surface area contributed by atoms with E-state index in [1.165, 1.54) is 0 Å². The van der Waals surface area contributed by atoms with Crippen molar-refractivity contribution >= 4 is 28.8 Å². The number of likely N-dealkylation sites (N-methyl/N-ethyl adjacent to an activating group) is 1. The van der Waals surface area contributed by atoms with Gasteiger partial charge in [-0.1, -0.05) is 18.2 Å². The summed E-state index contributed by atoms with van der Waals surface area (Å²) in [4.78, 5) is 18.7. The molecule has 1 atom stereocenters. The lowest BCUT2D eigenvalue weighted by atomic mass is 10.1. The normalized spacial score (nSPS) is 16.4. The number of pyridine rings is 1. The zero-order chi connectivity index (χ0) is 20.4. The number of carbonyl (C=O) groups excluding carboxylic acids is 1. The fourth-order valence-electron chi connectivity index (χ4n) is 3.48. The first-order chi connectivity index (χ1) is 14.0. The van der Waals surface area contributed by atoms with Gasteiger partial charge in [0.15, 0.2) is 0 Å². The van der Waals surface area contributed by atoms with Crippen molar-refractivity contribution in [2.45, 2.75) is 33.0 Å². The van der Waals surface area contributed by atoms with Crippen molar-refractivity contribution < 1.29 is 9.21 Å². The Labute approximate surface area is 170 Å². The Morgan fingerprint density at radius 1 is 1.38 bits per heavy atom. The zero-order valence-electron chi connectivity index (χ0n) is 17.0. The Morgan fingerprint density at radius 3 is 3.03 bits per heavy atom. The summed E-state index contributed by atoms with van der Waals surface area (Å²) in [6.45, 7) is 6.20. The van der Waals surface area contributed by atoms with E-state index in [-0.39, 0.29) is 5.91 Å². The molecule has 1 aliphatic heterocycles. The highest BCUT2D eigenvalue weighted by Gasteiger charge is 2.15. The van der Waals surface area contributed by atoms with Crippen LogP contribution in [0.4, 0.5) is 5.82 Å². The summed E-state index contributed by atoms with van der Waals surface area (Å²) in [6.07, 6.45) is 5.18. The van der Waals surface area contributed by atoms with E-state index < -0.39 is 0 Å². The molecule has 2 aromatic heterocycles. The molecule has 0 spiro atoms. The third kappa shape index (κ3) is 4.17. The smallest absolute Gasteiger partial charge is 0.246 e. The molecular formula is C23H26N4O2. The second-order valence-electron chi connectivity index (χ2n) is 7.61. The molecule has 0 saturated heterocycles. The molecule has 0 bridgehead atoms. The number of anilines is 1. The van der Waals surface area contributed by atoms with Crippen LogP contribution < -0.4 is 10.6 Å². The quantitative estimate of drug-likeness (QED) is 0.665. The maximum absolute atomic E-state index is 12.6. The van der Waals surface area contributed by atoms with E-state index in [4.69, 9.17) is 4.42 Å². The van der Waals surface area contributed by atoms with E-state index in [1.807, 2.05) is 37.3 Å². The summed E-state index contributed by atoms with van der Waals surface area (Å²) in [5.74, 6) is 1.64. The molecule has 0 fully saturated rings. The first kappa shape index (κ1) is 19.2. The molecule has 2 N–H and O–H groups in total. The van der Waals surface area contributed by atoms with Gasteiger partial charge in [0.1, 0.15) is 17.2 Å². The fourth-order valence-corrected chi connectivity index (χ4v) is 3.48. The Bertz CT molecular complexity index is 1070. The minimum atomic E-state index is -0.0790. The average molecular weight is 390 g/mol. The van der Waals surface area contributed by atoms with Crippen LogP contribution >= 0.6 is 0 Å². The molecule has 0 saturated carbocycles. The van der Waals surface area contributed by atoms with Crippen molar-refractivity contribution in [1.82, 2.24) is 15.2 Å². The Morgan fingerprint density at radius 2 is 2.21 bits per heavy atom. The number of nitrogens with one attached hydrogen (secondary N) is 2. The Hall–Kier alpha value is -3.12. The lowest BCUT2D eigenvalue weighted by Crippen LogP contribution is -2.29. The number of carbonyl (C=O) groups is 1. The Kier molecular flexibility index (Phi) is 5.36. The number of hydrogen-bond acceptors (Lipinski definition) is 5. The molecule has 3 heterocycles. The van der Waals surface area contributed by atoms with E-state index in [2.05, 4.69) is 28.6 Å². The molecule has 1 amide bonds. The molecule has 1 aliphatic rings. The molecule has 6 nitrogen and oxygen atoms in total. The highest BCUT2D eigenvalue weighted by atomic mass is 16.3. The topological polar surface area (TPSA) is 70.4 Å². The van der Waals surface area contributed by atoms with Crippen LogP contribution in [-0.2, 0) is 17.9 Å². The molecule has 150 valence electrons. The van der Waals surface area contributed by atoms with E-state index in [0.29, 0.717) is 12.6 Å². The number of benzene rings is 1. The second-order valence-corrected chi connectivity index (χ2v) is 7.61.